The molecule has 6 heteroatoms. The smallest absolute Gasteiger partial charge is 0.243 e. The van der Waals surface area contributed by atoms with Gasteiger partial charge < -0.3 is 15.2 Å². The topological polar surface area (TPSA) is 93.6 Å². The molecular formula is C15H17N5O. The van der Waals surface area contributed by atoms with Crippen LogP contribution in [0.2, 0.25) is 0 Å². The van der Waals surface area contributed by atoms with Gasteiger partial charge in [-0.25, -0.2) is 4.98 Å². The van der Waals surface area contributed by atoms with E-state index in [4.69, 9.17) is 10.3 Å². The highest BCUT2D eigenvalue weighted by Gasteiger charge is 2.16. The zero-order valence-corrected chi connectivity index (χ0v) is 11.8. The van der Waals surface area contributed by atoms with Crippen molar-refractivity contribution in [3.63, 3.8) is 0 Å². The summed E-state index contributed by atoms with van der Waals surface area (Å²) in [6.07, 6.45) is 4.59. The second-order valence-electron chi connectivity index (χ2n) is 5.10. The van der Waals surface area contributed by atoms with Gasteiger partial charge in [0.05, 0.1) is 12.4 Å². The molecule has 0 bridgehead atoms. The highest BCUT2D eigenvalue weighted by atomic mass is 16.5. The first kappa shape index (κ1) is 13.5. The number of H-pyrrole nitrogens is 1. The maximum Gasteiger partial charge on any atom is 0.243 e. The molecule has 0 saturated carbocycles. The summed E-state index contributed by atoms with van der Waals surface area (Å²) in [5.41, 5.74) is 9.39. The van der Waals surface area contributed by atoms with Gasteiger partial charge in [-0.15, -0.1) is 0 Å². The molecule has 1 aromatic carbocycles. The standard InChI is InChI=1S/C15H17N5O/c1-10-3-2-4-11(5-10)6-14-19-15(21-20-14)13(16)7-12-8-17-9-18-12/h2-5,8-9,13H,6-7,16H2,1H3,(H,17,18)/t13-/m1/s1. The van der Waals surface area contributed by atoms with Crippen LogP contribution in [0.3, 0.4) is 0 Å². The molecule has 0 fully saturated rings. The van der Waals surface area contributed by atoms with Crippen LogP contribution in [0.15, 0.2) is 41.3 Å². The van der Waals surface area contributed by atoms with E-state index >= 15 is 0 Å². The lowest BCUT2D eigenvalue weighted by Crippen LogP contribution is -2.14. The summed E-state index contributed by atoms with van der Waals surface area (Å²) in [7, 11) is 0. The van der Waals surface area contributed by atoms with Crippen LogP contribution >= 0.6 is 0 Å². The Kier molecular flexibility index (Phi) is 3.79. The van der Waals surface area contributed by atoms with Crippen LogP contribution in [-0.2, 0) is 12.8 Å². The molecule has 0 radical (unpaired) electrons. The zero-order chi connectivity index (χ0) is 14.7. The van der Waals surface area contributed by atoms with Gasteiger partial charge in [0.2, 0.25) is 5.89 Å². The molecule has 0 aliphatic rings. The lowest BCUT2D eigenvalue weighted by Gasteiger charge is -2.03. The highest BCUT2D eigenvalue weighted by molar-refractivity contribution is 5.24. The number of rotatable bonds is 5. The van der Waals surface area contributed by atoms with E-state index in [1.54, 1.807) is 12.5 Å². The summed E-state index contributed by atoms with van der Waals surface area (Å²) >= 11 is 0. The van der Waals surface area contributed by atoms with E-state index < -0.39 is 0 Å². The molecule has 21 heavy (non-hydrogen) atoms. The van der Waals surface area contributed by atoms with Gasteiger partial charge in [-0.1, -0.05) is 35.0 Å². The third-order valence-corrected chi connectivity index (χ3v) is 3.24. The molecule has 0 aliphatic carbocycles. The van der Waals surface area contributed by atoms with Gasteiger partial charge >= 0.3 is 0 Å². The number of aromatic amines is 1. The summed E-state index contributed by atoms with van der Waals surface area (Å²) in [6, 6.07) is 7.92. The van der Waals surface area contributed by atoms with Crippen molar-refractivity contribution in [2.24, 2.45) is 5.73 Å². The molecule has 0 spiro atoms. The highest BCUT2D eigenvalue weighted by Crippen LogP contribution is 2.14. The second kappa shape index (κ2) is 5.88. The normalized spacial score (nSPS) is 12.5. The number of nitrogens with two attached hydrogens (primary N) is 1. The Morgan fingerprint density at radius 1 is 1.38 bits per heavy atom. The predicted octanol–water partition coefficient (Wildman–Crippen LogP) is 1.93. The van der Waals surface area contributed by atoms with Crippen LogP contribution < -0.4 is 5.73 Å². The van der Waals surface area contributed by atoms with E-state index in [2.05, 4.69) is 39.2 Å². The molecule has 3 aromatic rings. The maximum absolute atomic E-state index is 6.07. The monoisotopic (exact) mass is 283 g/mol. The lowest BCUT2D eigenvalue weighted by molar-refractivity contribution is 0.350. The Morgan fingerprint density at radius 3 is 3.05 bits per heavy atom. The number of nitrogens with one attached hydrogen (secondary N) is 1. The maximum atomic E-state index is 6.07. The fourth-order valence-corrected chi connectivity index (χ4v) is 2.22. The van der Waals surface area contributed by atoms with Crippen molar-refractivity contribution >= 4 is 0 Å². The van der Waals surface area contributed by atoms with E-state index in [1.807, 2.05) is 12.1 Å². The summed E-state index contributed by atoms with van der Waals surface area (Å²) in [5, 5.41) is 4.00. The van der Waals surface area contributed by atoms with E-state index in [0.29, 0.717) is 24.6 Å². The van der Waals surface area contributed by atoms with Crippen molar-refractivity contribution in [3.8, 4) is 0 Å². The van der Waals surface area contributed by atoms with Gasteiger partial charge in [0.25, 0.3) is 0 Å². The molecule has 3 N–H and O–H groups in total. The van der Waals surface area contributed by atoms with Gasteiger partial charge in [0, 0.05) is 24.7 Å². The van der Waals surface area contributed by atoms with Crippen molar-refractivity contribution in [1.82, 2.24) is 20.1 Å². The van der Waals surface area contributed by atoms with Gasteiger partial charge in [-0.05, 0) is 12.5 Å². The van der Waals surface area contributed by atoms with E-state index in [0.717, 1.165) is 11.3 Å². The van der Waals surface area contributed by atoms with Crippen LogP contribution in [0.1, 0.15) is 34.6 Å². The molecule has 3 rings (SSSR count). The van der Waals surface area contributed by atoms with Crippen molar-refractivity contribution < 1.29 is 4.52 Å². The fraction of sp³-hybridized carbons (Fsp3) is 0.267. The third kappa shape index (κ3) is 3.35. The van der Waals surface area contributed by atoms with Gasteiger partial charge in [0.15, 0.2) is 5.82 Å². The van der Waals surface area contributed by atoms with Crippen molar-refractivity contribution in [2.75, 3.05) is 0 Å². The Labute approximate surface area is 122 Å². The number of aromatic nitrogens is 4. The number of hydrogen-bond donors (Lipinski definition) is 2. The minimum atomic E-state index is -0.329. The Bertz CT molecular complexity index is 704. The summed E-state index contributed by atoms with van der Waals surface area (Å²) in [6.45, 7) is 2.06. The van der Waals surface area contributed by atoms with Crippen LogP contribution in [0, 0.1) is 6.92 Å². The summed E-state index contributed by atoms with van der Waals surface area (Å²) < 4.78 is 5.26. The summed E-state index contributed by atoms with van der Waals surface area (Å²) in [5.74, 6) is 1.10. The van der Waals surface area contributed by atoms with Crippen LogP contribution in [-0.4, -0.2) is 20.1 Å². The zero-order valence-electron chi connectivity index (χ0n) is 11.8. The number of aryl methyl sites for hydroxylation is 1. The number of imidazole rings is 1. The van der Waals surface area contributed by atoms with Crippen LogP contribution in [0.25, 0.3) is 0 Å². The van der Waals surface area contributed by atoms with Gasteiger partial charge in [0.1, 0.15) is 0 Å². The molecule has 0 saturated heterocycles. The molecule has 6 nitrogen and oxygen atoms in total. The molecular weight excluding hydrogens is 266 g/mol. The molecule has 0 unspecified atom stereocenters. The van der Waals surface area contributed by atoms with E-state index in [1.165, 1.54) is 5.56 Å². The SMILES string of the molecule is Cc1cccc(Cc2noc([C@H](N)Cc3cnc[nH]3)n2)c1. The Hall–Kier alpha value is -2.47. The minimum Gasteiger partial charge on any atom is -0.348 e. The number of nitrogens with zero attached hydrogens (tertiary/aromatic N) is 3. The Morgan fingerprint density at radius 2 is 2.29 bits per heavy atom. The fourth-order valence-electron chi connectivity index (χ4n) is 2.22. The first-order chi connectivity index (χ1) is 10.2. The molecule has 1 atom stereocenters. The van der Waals surface area contributed by atoms with Crippen LogP contribution in [0.4, 0.5) is 0 Å². The van der Waals surface area contributed by atoms with Gasteiger partial charge in [-0.3, -0.25) is 0 Å². The van der Waals surface area contributed by atoms with Crippen molar-refractivity contribution in [3.05, 3.63) is 65.3 Å². The molecule has 0 amide bonds. The summed E-state index contributed by atoms with van der Waals surface area (Å²) in [4.78, 5) is 11.3. The Balaban J connectivity index is 1.68. The van der Waals surface area contributed by atoms with Gasteiger partial charge in [-0.2, -0.15) is 4.98 Å². The van der Waals surface area contributed by atoms with Crippen molar-refractivity contribution in [2.45, 2.75) is 25.8 Å². The number of benzene rings is 1. The molecule has 2 heterocycles. The average molecular weight is 283 g/mol. The average Bonchev–Trinajstić information content (AvgIpc) is 3.10. The number of hydrogen-bond acceptors (Lipinski definition) is 5. The first-order valence-electron chi connectivity index (χ1n) is 6.81. The molecule has 0 aliphatic heterocycles. The van der Waals surface area contributed by atoms with E-state index in [9.17, 15) is 0 Å². The predicted molar refractivity (Wildman–Crippen MR) is 77.5 cm³/mol. The largest absolute Gasteiger partial charge is 0.348 e. The van der Waals surface area contributed by atoms with Crippen molar-refractivity contribution in [1.29, 1.82) is 0 Å². The molecule has 108 valence electrons. The lowest BCUT2D eigenvalue weighted by atomic mass is 10.1. The minimum absolute atomic E-state index is 0.329. The van der Waals surface area contributed by atoms with Crippen LogP contribution in [0.5, 0.6) is 0 Å². The second-order valence-corrected chi connectivity index (χ2v) is 5.10. The third-order valence-electron chi connectivity index (χ3n) is 3.24. The van der Waals surface area contributed by atoms with E-state index in [-0.39, 0.29) is 6.04 Å². The first-order valence-corrected chi connectivity index (χ1v) is 6.81. The molecule has 2 aromatic heterocycles. The quantitative estimate of drug-likeness (QED) is 0.746.